The first kappa shape index (κ1) is 13.7. The minimum absolute atomic E-state index is 0.118. The Kier molecular flexibility index (Phi) is 4.32. The van der Waals surface area contributed by atoms with Crippen LogP contribution in [0.15, 0.2) is 46.9 Å². The zero-order chi connectivity index (χ0) is 13.8. The van der Waals surface area contributed by atoms with Gasteiger partial charge in [0.15, 0.2) is 12.4 Å². The predicted molar refractivity (Wildman–Crippen MR) is 75.1 cm³/mol. The summed E-state index contributed by atoms with van der Waals surface area (Å²) in [5.41, 5.74) is 1.52. The standard InChI is InChI=1S/C15H12BrFO2/c1-10-4-2-3-5-12(10)14(18)9-19-15-8-11(17)6-7-13(15)16/h2-8H,9H2,1H3. The lowest BCUT2D eigenvalue weighted by Crippen LogP contribution is -2.13. The first-order chi connectivity index (χ1) is 9.08. The quantitative estimate of drug-likeness (QED) is 0.790. The number of aryl methyl sites for hydroxylation is 1. The molecule has 0 unspecified atom stereocenters. The maximum absolute atomic E-state index is 13.1. The van der Waals surface area contributed by atoms with E-state index in [0.29, 0.717) is 15.8 Å². The molecule has 2 aromatic rings. The molecule has 2 aromatic carbocycles. The molecule has 0 heterocycles. The van der Waals surface area contributed by atoms with Crippen LogP contribution in [0.1, 0.15) is 15.9 Å². The van der Waals surface area contributed by atoms with Gasteiger partial charge in [-0.2, -0.15) is 0 Å². The van der Waals surface area contributed by atoms with Crippen LogP contribution < -0.4 is 4.74 Å². The molecular weight excluding hydrogens is 311 g/mol. The SMILES string of the molecule is Cc1ccccc1C(=O)COc1cc(F)ccc1Br. The lowest BCUT2D eigenvalue weighted by Gasteiger charge is -2.09. The van der Waals surface area contributed by atoms with Crippen molar-refractivity contribution >= 4 is 21.7 Å². The highest BCUT2D eigenvalue weighted by molar-refractivity contribution is 9.10. The Morgan fingerprint density at radius 2 is 2.00 bits per heavy atom. The second-order valence-electron chi connectivity index (χ2n) is 4.10. The number of ether oxygens (including phenoxy) is 1. The number of benzene rings is 2. The van der Waals surface area contributed by atoms with Crippen molar-refractivity contribution in [2.24, 2.45) is 0 Å². The minimum atomic E-state index is -0.401. The van der Waals surface area contributed by atoms with E-state index in [9.17, 15) is 9.18 Å². The maximum Gasteiger partial charge on any atom is 0.200 e. The Morgan fingerprint density at radius 1 is 1.26 bits per heavy atom. The molecule has 0 saturated carbocycles. The smallest absolute Gasteiger partial charge is 0.200 e. The van der Waals surface area contributed by atoms with Gasteiger partial charge in [-0.05, 0) is 40.5 Å². The van der Waals surface area contributed by atoms with E-state index in [2.05, 4.69) is 15.9 Å². The van der Waals surface area contributed by atoms with Gasteiger partial charge in [-0.25, -0.2) is 4.39 Å². The largest absolute Gasteiger partial charge is 0.484 e. The van der Waals surface area contributed by atoms with Gasteiger partial charge in [0.05, 0.1) is 4.47 Å². The molecule has 0 bridgehead atoms. The molecule has 2 rings (SSSR count). The second-order valence-corrected chi connectivity index (χ2v) is 4.96. The van der Waals surface area contributed by atoms with Crippen molar-refractivity contribution < 1.29 is 13.9 Å². The summed E-state index contributed by atoms with van der Waals surface area (Å²) < 4.78 is 19.0. The van der Waals surface area contributed by atoms with Crippen LogP contribution in [0, 0.1) is 12.7 Å². The average Bonchev–Trinajstić information content (AvgIpc) is 2.40. The summed E-state index contributed by atoms with van der Waals surface area (Å²) in [6.45, 7) is 1.75. The molecule has 0 aliphatic rings. The summed E-state index contributed by atoms with van der Waals surface area (Å²) in [7, 11) is 0. The van der Waals surface area contributed by atoms with Crippen LogP contribution in [0.2, 0.25) is 0 Å². The van der Waals surface area contributed by atoms with Crippen molar-refractivity contribution in [3.05, 3.63) is 63.9 Å². The molecule has 0 aliphatic heterocycles. The summed E-state index contributed by atoms with van der Waals surface area (Å²) in [5.74, 6) is -0.210. The van der Waals surface area contributed by atoms with Crippen LogP contribution in [0.25, 0.3) is 0 Å². The van der Waals surface area contributed by atoms with Crippen LogP contribution in [-0.2, 0) is 0 Å². The van der Waals surface area contributed by atoms with Crippen molar-refractivity contribution in [2.75, 3.05) is 6.61 Å². The van der Waals surface area contributed by atoms with Crippen LogP contribution in [0.3, 0.4) is 0 Å². The lowest BCUT2D eigenvalue weighted by atomic mass is 10.1. The number of rotatable bonds is 4. The van der Waals surface area contributed by atoms with Gasteiger partial charge >= 0.3 is 0 Å². The summed E-state index contributed by atoms with van der Waals surface area (Å²) >= 11 is 3.25. The van der Waals surface area contributed by atoms with E-state index < -0.39 is 5.82 Å². The summed E-state index contributed by atoms with van der Waals surface area (Å²) in [4.78, 5) is 12.0. The van der Waals surface area contributed by atoms with E-state index >= 15 is 0 Å². The number of Topliss-reactive ketones (excluding diaryl/α,β-unsaturated/α-hetero) is 1. The Labute approximate surface area is 119 Å². The van der Waals surface area contributed by atoms with Gasteiger partial charge in [0.2, 0.25) is 0 Å². The maximum atomic E-state index is 13.1. The Hall–Kier alpha value is -1.68. The number of carbonyl (C=O) groups excluding carboxylic acids is 1. The second kappa shape index (κ2) is 5.97. The molecule has 0 saturated heterocycles. The summed E-state index contributed by atoms with van der Waals surface area (Å²) in [5, 5.41) is 0. The molecule has 0 amide bonds. The van der Waals surface area contributed by atoms with Gasteiger partial charge in [-0.15, -0.1) is 0 Å². The normalized spacial score (nSPS) is 10.3. The van der Waals surface area contributed by atoms with Crippen molar-refractivity contribution in [3.8, 4) is 5.75 Å². The first-order valence-electron chi connectivity index (χ1n) is 5.74. The van der Waals surface area contributed by atoms with Crippen molar-refractivity contribution in [2.45, 2.75) is 6.92 Å². The van der Waals surface area contributed by atoms with Crippen molar-refractivity contribution in [1.29, 1.82) is 0 Å². The van der Waals surface area contributed by atoms with Crippen molar-refractivity contribution in [3.63, 3.8) is 0 Å². The summed E-state index contributed by atoms with van der Waals surface area (Å²) in [6.07, 6.45) is 0. The van der Waals surface area contributed by atoms with E-state index in [4.69, 9.17) is 4.74 Å². The van der Waals surface area contributed by atoms with Gasteiger partial charge in [0.1, 0.15) is 11.6 Å². The Balaban J connectivity index is 2.09. The molecule has 0 aromatic heterocycles. The number of halogens is 2. The van der Waals surface area contributed by atoms with Gasteiger partial charge in [-0.1, -0.05) is 24.3 Å². The monoisotopic (exact) mass is 322 g/mol. The molecular formula is C15H12BrFO2. The van der Waals surface area contributed by atoms with Crippen LogP contribution >= 0.6 is 15.9 Å². The van der Waals surface area contributed by atoms with Gasteiger partial charge < -0.3 is 4.74 Å². The molecule has 98 valence electrons. The van der Waals surface area contributed by atoms with E-state index in [1.165, 1.54) is 12.1 Å². The highest BCUT2D eigenvalue weighted by Crippen LogP contribution is 2.25. The fourth-order valence-corrected chi connectivity index (χ4v) is 2.06. The third kappa shape index (κ3) is 3.41. The molecule has 4 heteroatoms. The van der Waals surface area contributed by atoms with Gasteiger partial charge in [0, 0.05) is 11.6 Å². The molecule has 0 N–H and O–H groups in total. The minimum Gasteiger partial charge on any atom is -0.484 e. The third-order valence-electron chi connectivity index (χ3n) is 2.70. The average molecular weight is 323 g/mol. The Bertz CT molecular complexity index is 611. The molecule has 0 spiro atoms. The molecule has 19 heavy (non-hydrogen) atoms. The number of ketones is 1. The van der Waals surface area contributed by atoms with Crippen LogP contribution in [0.4, 0.5) is 4.39 Å². The fourth-order valence-electron chi connectivity index (χ4n) is 1.69. The van der Waals surface area contributed by atoms with E-state index in [1.54, 1.807) is 18.2 Å². The zero-order valence-electron chi connectivity index (χ0n) is 10.3. The van der Waals surface area contributed by atoms with Gasteiger partial charge in [0.25, 0.3) is 0 Å². The molecule has 0 atom stereocenters. The van der Waals surface area contributed by atoms with E-state index in [0.717, 1.165) is 5.56 Å². The third-order valence-corrected chi connectivity index (χ3v) is 3.35. The molecule has 0 aliphatic carbocycles. The van der Waals surface area contributed by atoms with Crippen LogP contribution in [0.5, 0.6) is 5.75 Å². The number of hydrogen-bond donors (Lipinski definition) is 0. The number of hydrogen-bond acceptors (Lipinski definition) is 2. The topological polar surface area (TPSA) is 26.3 Å². The first-order valence-corrected chi connectivity index (χ1v) is 6.54. The highest BCUT2D eigenvalue weighted by Gasteiger charge is 2.10. The molecule has 0 radical (unpaired) electrons. The zero-order valence-corrected chi connectivity index (χ0v) is 11.9. The summed E-state index contributed by atoms with van der Waals surface area (Å²) in [6, 6.07) is 11.4. The highest BCUT2D eigenvalue weighted by atomic mass is 79.9. The molecule has 0 fully saturated rings. The Morgan fingerprint density at radius 3 is 2.74 bits per heavy atom. The lowest BCUT2D eigenvalue weighted by molar-refractivity contribution is 0.0920. The van der Waals surface area contributed by atoms with Gasteiger partial charge in [-0.3, -0.25) is 4.79 Å². The fraction of sp³-hybridized carbons (Fsp3) is 0.133. The van der Waals surface area contributed by atoms with E-state index in [-0.39, 0.29) is 12.4 Å². The van der Waals surface area contributed by atoms with Crippen molar-refractivity contribution in [1.82, 2.24) is 0 Å². The number of carbonyl (C=O) groups is 1. The molecule has 2 nitrogen and oxygen atoms in total. The predicted octanol–water partition coefficient (Wildman–Crippen LogP) is 4.16. The van der Waals surface area contributed by atoms with E-state index in [1.807, 2.05) is 19.1 Å². The van der Waals surface area contributed by atoms with Crippen LogP contribution in [-0.4, -0.2) is 12.4 Å².